The van der Waals surface area contributed by atoms with E-state index in [1.807, 2.05) is 13.8 Å². The van der Waals surface area contributed by atoms with Crippen LogP contribution < -0.4 is 10.4 Å². The van der Waals surface area contributed by atoms with Crippen molar-refractivity contribution in [1.29, 1.82) is 0 Å². The highest BCUT2D eigenvalue weighted by Gasteiger charge is 2.40. The molecule has 1 aromatic heterocycles. The van der Waals surface area contributed by atoms with Crippen LogP contribution in [0.4, 0.5) is 0 Å². The van der Waals surface area contributed by atoms with Crippen LogP contribution in [0.5, 0.6) is 11.5 Å². The largest absolute Gasteiger partial charge is 0.506 e. The molecule has 0 spiro atoms. The molecule has 3 rings (SSSR count). The molecule has 1 unspecified atom stereocenters. The number of fused-ring (bicyclic) bond motifs is 3. The van der Waals surface area contributed by atoms with Gasteiger partial charge in [0.2, 0.25) is 0 Å². The Kier molecular flexibility index (Phi) is 5.04. The van der Waals surface area contributed by atoms with Crippen LogP contribution in [0.15, 0.2) is 15.3 Å². The van der Waals surface area contributed by atoms with Crippen molar-refractivity contribution in [3.05, 3.63) is 33.2 Å². The molecule has 1 aliphatic rings. The molecule has 1 aliphatic heterocycles. The molecular formula is C21H26O6. The van der Waals surface area contributed by atoms with E-state index < -0.39 is 17.3 Å². The monoisotopic (exact) mass is 374 g/mol. The predicted octanol–water partition coefficient (Wildman–Crippen LogP) is 3.51. The number of ketones is 1. The van der Waals surface area contributed by atoms with Gasteiger partial charge in [0.25, 0.3) is 0 Å². The Hall–Kier alpha value is -2.34. The van der Waals surface area contributed by atoms with Crippen molar-refractivity contribution in [3.8, 4) is 11.5 Å². The van der Waals surface area contributed by atoms with E-state index in [9.17, 15) is 19.8 Å². The third-order valence-electron chi connectivity index (χ3n) is 5.00. The van der Waals surface area contributed by atoms with Crippen LogP contribution in [-0.4, -0.2) is 27.7 Å². The summed E-state index contributed by atoms with van der Waals surface area (Å²) in [5.41, 5.74) is -0.0823. The van der Waals surface area contributed by atoms with Gasteiger partial charge in [-0.25, -0.2) is 4.79 Å². The first-order valence-corrected chi connectivity index (χ1v) is 9.45. The van der Waals surface area contributed by atoms with Gasteiger partial charge in [-0.05, 0) is 32.3 Å². The third-order valence-corrected chi connectivity index (χ3v) is 5.00. The van der Waals surface area contributed by atoms with Gasteiger partial charge in [-0.1, -0.05) is 20.3 Å². The Labute approximate surface area is 157 Å². The molecule has 1 aromatic carbocycles. The number of phenolic OH excluding ortho intramolecular Hbond substituents is 1. The molecule has 0 saturated heterocycles. The molecule has 0 aliphatic carbocycles. The highest BCUT2D eigenvalue weighted by Crippen LogP contribution is 2.47. The zero-order valence-corrected chi connectivity index (χ0v) is 16.2. The van der Waals surface area contributed by atoms with E-state index in [1.165, 1.54) is 6.07 Å². The smallest absolute Gasteiger partial charge is 0.336 e. The Morgan fingerprint density at radius 1 is 1.30 bits per heavy atom. The van der Waals surface area contributed by atoms with E-state index in [-0.39, 0.29) is 34.8 Å². The molecule has 6 nitrogen and oxygen atoms in total. The number of phenols is 1. The lowest BCUT2D eigenvalue weighted by atomic mass is 9.92. The molecule has 146 valence electrons. The van der Waals surface area contributed by atoms with Gasteiger partial charge in [-0.15, -0.1) is 0 Å². The number of aryl methyl sites for hydroxylation is 1. The number of carbonyl (C=O) groups is 1. The number of ether oxygens (including phenoxy) is 1. The van der Waals surface area contributed by atoms with E-state index in [2.05, 4.69) is 0 Å². The zero-order valence-electron chi connectivity index (χ0n) is 16.2. The first kappa shape index (κ1) is 19.4. The second kappa shape index (κ2) is 7.00. The van der Waals surface area contributed by atoms with Gasteiger partial charge >= 0.3 is 5.63 Å². The van der Waals surface area contributed by atoms with E-state index in [0.29, 0.717) is 35.8 Å². The van der Waals surface area contributed by atoms with Gasteiger partial charge in [0.1, 0.15) is 28.7 Å². The number of aromatic hydroxyl groups is 1. The summed E-state index contributed by atoms with van der Waals surface area (Å²) in [7, 11) is 0. The number of aliphatic hydroxyl groups is 1. The maximum Gasteiger partial charge on any atom is 0.336 e. The summed E-state index contributed by atoms with van der Waals surface area (Å²) in [5.74, 6) is -0.202. The fourth-order valence-corrected chi connectivity index (χ4v) is 3.66. The maximum atomic E-state index is 12.8. The topological polar surface area (TPSA) is 97.0 Å². The predicted molar refractivity (Wildman–Crippen MR) is 102 cm³/mol. The average Bonchev–Trinajstić information content (AvgIpc) is 3.00. The van der Waals surface area contributed by atoms with E-state index in [1.54, 1.807) is 13.8 Å². The second-order valence-corrected chi connectivity index (χ2v) is 7.71. The molecule has 27 heavy (non-hydrogen) atoms. The first-order chi connectivity index (χ1) is 12.7. The zero-order chi connectivity index (χ0) is 19.9. The lowest BCUT2D eigenvalue weighted by molar-refractivity contribution is -0.0232. The number of benzene rings is 1. The quantitative estimate of drug-likeness (QED) is 0.593. The summed E-state index contributed by atoms with van der Waals surface area (Å²) in [5, 5.41) is 21.8. The van der Waals surface area contributed by atoms with Crippen LogP contribution in [0.1, 0.15) is 68.4 Å². The van der Waals surface area contributed by atoms with Crippen LogP contribution in [0.3, 0.4) is 0 Å². The second-order valence-electron chi connectivity index (χ2n) is 7.71. The van der Waals surface area contributed by atoms with Crippen molar-refractivity contribution in [2.45, 2.75) is 71.5 Å². The minimum atomic E-state index is -1.16. The van der Waals surface area contributed by atoms with Crippen LogP contribution in [-0.2, 0) is 12.8 Å². The van der Waals surface area contributed by atoms with Gasteiger partial charge in [0.05, 0.1) is 11.0 Å². The summed E-state index contributed by atoms with van der Waals surface area (Å²) in [6.45, 7) is 7.11. The fourth-order valence-electron chi connectivity index (χ4n) is 3.66. The number of carbonyl (C=O) groups excluding carboxylic acids is 1. The minimum Gasteiger partial charge on any atom is -0.506 e. The van der Waals surface area contributed by atoms with E-state index in [4.69, 9.17) is 9.15 Å². The van der Waals surface area contributed by atoms with Crippen molar-refractivity contribution >= 4 is 16.8 Å². The molecule has 1 atom stereocenters. The highest BCUT2D eigenvalue weighted by atomic mass is 16.5. The molecule has 2 heterocycles. The number of hydrogen-bond acceptors (Lipinski definition) is 6. The van der Waals surface area contributed by atoms with E-state index in [0.717, 1.165) is 6.42 Å². The van der Waals surface area contributed by atoms with Crippen LogP contribution >= 0.6 is 0 Å². The van der Waals surface area contributed by atoms with Crippen molar-refractivity contribution in [2.24, 2.45) is 0 Å². The average molecular weight is 374 g/mol. The van der Waals surface area contributed by atoms with Gasteiger partial charge < -0.3 is 19.4 Å². The third kappa shape index (κ3) is 3.34. The normalized spacial score (nSPS) is 16.4. The maximum absolute atomic E-state index is 12.8. The SMILES string of the molecule is CCCC(=O)c1c2c(c3oc(=O)cc(CCC)c3c1O)CC(C(C)(C)O)O2. The van der Waals surface area contributed by atoms with Gasteiger partial charge in [0, 0.05) is 24.5 Å². The van der Waals surface area contributed by atoms with E-state index >= 15 is 0 Å². The summed E-state index contributed by atoms with van der Waals surface area (Å²) in [6, 6.07) is 1.37. The fraction of sp³-hybridized carbons (Fsp3) is 0.524. The first-order valence-electron chi connectivity index (χ1n) is 9.45. The molecule has 2 aromatic rings. The summed E-state index contributed by atoms with van der Waals surface area (Å²) in [6.07, 6.45) is 1.93. The van der Waals surface area contributed by atoms with Crippen LogP contribution in [0.2, 0.25) is 0 Å². The van der Waals surface area contributed by atoms with Crippen molar-refractivity contribution in [3.63, 3.8) is 0 Å². The standard InChI is InChI=1S/C21H26O6/c1-5-7-11-9-15(23)27-19-12-10-14(21(3,4)25)26-20(12)17(13(22)8-6-2)18(24)16(11)19/h9,14,24-25H,5-8,10H2,1-4H3. The van der Waals surface area contributed by atoms with Crippen molar-refractivity contribution < 1.29 is 24.2 Å². The molecule has 0 amide bonds. The molecule has 6 heteroatoms. The molecular weight excluding hydrogens is 348 g/mol. The Morgan fingerprint density at radius 2 is 2.00 bits per heavy atom. The van der Waals surface area contributed by atoms with Gasteiger partial charge in [0.15, 0.2) is 5.78 Å². The number of hydrogen-bond donors (Lipinski definition) is 2. The van der Waals surface area contributed by atoms with Gasteiger partial charge in [-0.2, -0.15) is 0 Å². The Morgan fingerprint density at radius 3 is 2.59 bits per heavy atom. The molecule has 0 radical (unpaired) electrons. The lowest BCUT2D eigenvalue weighted by Gasteiger charge is -2.24. The van der Waals surface area contributed by atoms with Crippen LogP contribution in [0, 0.1) is 0 Å². The van der Waals surface area contributed by atoms with Crippen molar-refractivity contribution in [2.75, 3.05) is 0 Å². The Balaban J connectivity index is 2.37. The van der Waals surface area contributed by atoms with Crippen molar-refractivity contribution in [1.82, 2.24) is 0 Å². The molecule has 0 fully saturated rings. The number of Topliss-reactive ketones (excluding diaryl/α,β-unsaturated/α-hetero) is 1. The molecule has 2 N–H and O–H groups in total. The summed E-state index contributed by atoms with van der Waals surface area (Å²) < 4.78 is 11.3. The lowest BCUT2D eigenvalue weighted by Crippen LogP contribution is -2.39. The summed E-state index contributed by atoms with van der Waals surface area (Å²) >= 11 is 0. The minimum absolute atomic E-state index is 0.123. The Bertz CT molecular complexity index is 948. The highest BCUT2D eigenvalue weighted by molar-refractivity contribution is 6.08. The number of rotatable bonds is 6. The van der Waals surface area contributed by atoms with Gasteiger partial charge in [-0.3, -0.25) is 4.79 Å². The molecule has 0 saturated carbocycles. The molecule has 0 bridgehead atoms. The summed E-state index contributed by atoms with van der Waals surface area (Å²) in [4.78, 5) is 24.9. The van der Waals surface area contributed by atoms with Crippen LogP contribution in [0.25, 0.3) is 11.0 Å².